The van der Waals surface area contributed by atoms with E-state index in [1.807, 2.05) is 51.1 Å². The van der Waals surface area contributed by atoms with Crippen LogP contribution in [0.25, 0.3) is 0 Å². The lowest BCUT2D eigenvalue weighted by atomic mass is 9.95. The molecular formula is C19H25N3O3. The van der Waals surface area contributed by atoms with Crippen LogP contribution in [0.3, 0.4) is 0 Å². The van der Waals surface area contributed by atoms with Gasteiger partial charge in [-0.05, 0) is 25.3 Å². The minimum absolute atomic E-state index is 0.0443. The monoisotopic (exact) mass is 343 g/mol. The molecule has 0 aliphatic carbocycles. The molecule has 0 bridgehead atoms. The number of likely N-dealkylation sites (N-methyl/N-ethyl adjacent to an activating group) is 1. The largest absolute Gasteiger partial charge is 0.361 e. The summed E-state index contributed by atoms with van der Waals surface area (Å²) < 4.78 is 5.18. The summed E-state index contributed by atoms with van der Waals surface area (Å²) in [6, 6.07) is 8.56. The smallest absolute Gasteiger partial charge is 0.249 e. The average molecular weight is 343 g/mol. The number of carbonyl (C=O) groups excluding carboxylic acids is 2. The molecule has 2 rings (SSSR count). The van der Waals surface area contributed by atoms with E-state index in [1.165, 1.54) is 4.90 Å². The number of benzene rings is 1. The maximum Gasteiger partial charge on any atom is 0.249 e. The summed E-state index contributed by atoms with van der Waals surface area (Å²) in [6.07, 6.45) is 0.257. The van der Waals surface area contributed by atoms with Gasteiger partial charge < -0.3 is 14.7 Å². The fraction of sp³-hybridized carbons (Fsp3) is 0.421. The molecule has 0 radical (unpaired) electrons. The second-order valence-electron chi connectivity index (χ2n) is 6.49. The van der Waals surface area contributed by atoms with E-state index in [0.717, 1.165) is 22.6 Å². The third-order valence-electron chi connectivity index (χ3n) is 4.20. The Morgan fingerprint density at radius 3 is 2.36 bits per heavy atom. The molecule has 0 saturated heterocycles. The quantitative estimate of drug-likeness (QED) is 0.875. The topological polar surface area (TPSA) is 75.4 Å². The zero-order valence-electron chi connectivity index (χ0n) is 15.4. The third kappa shape index (κ3) is 4.47. The molecule has 0 unspecified atom stereocenters. The fourth-order valence-corrected chi connectivity index (χ4v) is 2.99. The van der Waals surface area contributed by atoms with Crippen molar-refractivity contribution < 1.29 is 14.1 Å². The first-order valence-corrected chi connectivity index (χ1v) is 8.29. The number of hydrogen-bond acceptors (Lipinski definition) is 4. The number of rotatable bonds is 6. The maximum absolute atomic E-state index is 12.5. The van der Waals surface area contributed by atoms with Crippen molar-refractivity contribution in [2.45, 2.75) is 39.2 Å². The molecule has 0 fully saturated rings. The second kappa shape index (κ2) is 7.96. The SMILES string of the molecule is Cc1noc(C)c1[C@H](C)CC(=O)N[C@@H](C(=O)N(C)C)c1ccccc1. The van der Waals surface area contributed by atoms with E-state index in [4.69, 9.17) is 4.52 Å². The lowest BCUT2D eigenvalue weighted by Gasteiger charge is -2.23. The standard InChI is InChI=1S/C19H25N3O3/c1-12(17-13(2)21-25-14(17)3)11-16(23)20-18(19(24)22(4)5)15-9-7-6-8-10-15/h6-10,12,18H,11H2,1-5H3,(H,20,23)/t12-,18-/m1/s1. The lowest BCUT2D eigenvalue weighted by molar-refractivity contribution is -0.134. The molecular weight excluding hydrogens is 318 g/mol. The molecule has 134 valence electrons. The van der Waals surface area contributed by atoms with Crippen molar-refractivity contribution in [2.24, 2.45) is 0 Å². The van der Waals surface area contributed by atoms with Gasteiger partial charge in [0.1, 0.15) is 11.8 Å². The van der Waals surface area contributed by atoms with Gasteiger partial charge in [0, 0.05) is 26.1 Å². The van der Waals surface area contributed by atoms with Gasteiger partial charge in [-0.15, -0.1) is 0 Å². The van der Waals surface area contributed by atoms with Crippen LogP contribution in [-0.4, -0.2) is 36.0 Å². The number of aromatic nitrogens is 1. The second-order valence-corrected chi connectivity index (χ2v) is 6.49. The molecule has 6 heteroatoms. The van der Waals surface area contributed by atoms with Crippen LogP contribution in [0.1, 0.15) is 47.9 Å². The fourth-order valence-electron chi connectivity index (χ4n) is 2.99. The van der Waals surface area contributed by atoms with Crippen molar-refractivity contribution in [1.29, 1.82) is 0 Å². The van der Waals surface area contributed by atoms with Gasteiger partial charge in [0.25, 0.3) is 0 Å². The number of nitrogens with one attached hydrogen (secondary N) is 1. The Kier molecular flexibility index (Phi) is 5.96. The number of hydrogen-bond donors (Lipinski definition) is 1. The predicted octanol–water partition coefficient (Wildman–Crippen LogP) is 2.73. The minimum Gasteiger partial charge on any atom is -0.361 e. The van der Waals surface area contributed by atoms with Gasteiger partial charge in [-0.1, -0.05) is 42.4 Å². The molecule has 1 heterocycles. The summed E-state index contributed by atoms with van der Waals surface area (Å²) >= 11 is 0. The summed E-state index contributed by atoms with van der Waals surface area (Å²) in [5, 5.41) is 6.80. The number of nitrogens with zero attached hydrogens (tertiary/aromatic N) is 2. The number of amides is 2. The molecule has 0 spiro atoms. The zero-order valence-corrected chi connectivity index (χ0v) is 15.4. The molecule has 25 heavy (non-hydrogen) atoms. The van der Waals surface area contributed by atoms with Gasteiger partial charge in [-0.25, -0.2) is 0 Å². The lowest BCUT2D eigenvalue weighted by Crippen LogP contribution is -2.40. The van der Waals surface area contributed by atoms with E-state index in [1.54, 1.807) is 14.1 Å². The maximum atomic E-state index is 12.5. The molecule has 0 aliphatic heterocycles. The van der Waals surface area contributed by atoms with E-state index < -0.39 is 6.04 Å². The van der Waals surface area contributed by atoms with E-state index in [9.17, 15) is 9.59 Å². The Hall–Kier alpha value is -2.63. The summed E-state index contributed by atoms with van der Waals surface area (Å²) in [7, 11) is 3.35. The molecule has 0 aliphatic rings. The van der Waals surface area contributed by atoms with Crippen LogP contribution < -0.4 is 5.32 Å². The van der Waals surface area contributed by atoms with Gasteiger partial charge in [0.2, 0.25) is 11.8 Å². The number of carbonyl (C=O) groups is 2. The van der Waals surface area contributed by atoms with E-state index in [-0.39, 0.29) is 24.2 Å². The van der Waals surface area contributed by atoms with E-state index in [0.29, 0.717) is 0 Å². The molecule has 2 amide bonds. The van der Waals surface area contributed by atoms with Crippen LogP contribution in [0.4, 0.5) is 0 Å². The van der Waals surface area contributed by atoms with Crippen LogP contribution in [0, 0.1) is 13.8 Å². The van der Waals surface area contributed by atoms with Gasteiger partial charge in [0.05, 0.1) is 5.69 Å². The third-order valence-corrected chi connectivity index (χ3v) is 4.20. The number of aryl methyl sites for hydroxylation is 2. The highest BCUT2D eigenvalue weighted by molar-refractivity contribution is 5.88. The first kappa shape index (κ1) is 18.7. The first-order chi connectivity index (χ1) is 11.8. The van der Waals surface area contributed by atoms with Crippen molar-refractivity contribution >= 4 is 11.8 Å². The Balaban J connectivity index is 2.13. The normalized spacial score (nSPS) is 13.2. The molecule has 1 aromatic carbocycles. The van der Waals surface area contributed by atoms with E-state index in [2.05, 4.69) is 10.5 Å². The van der Waals surface area contributed by atoms with Crippen LogP contribution in [0.5, 0.6) is 0 Å². The summed E-state index contributed by atoms with van der Waals surface area (Å²) in [5.41, 5.74) is 2.51. The van der Waals surface area contributed by atoms with Crippen molar-refractivity contribution in [2.75, 3.05) is 14.1 Å². The summed E-state index contributed by atoms with van der Waals surface area (Å²) in [5.74, 6) is 0.333. The Morgan fingerprint density at radius 2 is 1.84 bits per heavy atom. The van der Waals surface area contributed by atoms with Gasteiger partial charge >= 0.3 is 0 Å². The summed E-state index contributed by atoms with van der Waals surface area (Å²) in [4.78, 5) is 26.5. The van der Waals surface area contributed by atoms with Crippen LogP contribution in [0.15, 0.2) is 34.9 Å². The zero-order chi connectivity index (χ0) is 18.6. The highest BCUT2D eigenvalue weighted by Gasteiger charge is 2.26. The van der Waals surface area contributed by atoms with Crippen molar-refractivity contribution in [3.63, 3.8) is 0 Å². The Labute approximate surface area is 148 Å². The van der Waals surface area contributed by atoms with Gasteiger partial charge in [-0.2, -0.15) is 0 Å². The average Bonchev–Trinajstić information content (AvgIpc) is 2.91. The van der Waals surface area contributed by atoms with Gasteiger partial charge in [0.15, 0.2) is 0 Å². The molecule has 2 aromatic rings. The molecule has 0 saturated carbocycles. The molecule has 1 aromatic heterocycles. The highest BCUT2D eigenvalue weighted by Crippen LogP contribution is 2.26. The van der Waals surface area contributed by atoms with Crippen LogP contribution in [0.2, 0.25) is 0 Å². The van der Waals surface area contributed by atoms with Crippen molar-refractivity contribution in [1.82, 2.24) is 15.4 Å². The van der Waals surface area contributed by atoms with Gasteiger partial charge in [-0.3, -0.25) is 9.59 Å². The Bertz CT molecular complexity index is 718. The highest BCUT2D eigenvalue weighted by atomic mass is 16.5. The Morgan fingerprint density at radius 1 is 1.20 bits per heavy atom. The van der Waals surface area contributed by atoms with Crippen molar-refractivity contribution in [3.05, 3.63) is 52.9 Å². The first-order valence-electron chi connectivity index (χ1n) is 8.29. The predicted molar refractivity (Wildman–Crippen MR) is 95.0 cm³/mol. The molecule has 1 N–H and O–H groups in total. The summed E-state index contributed by atoms with van der Waals surface area (Å²) in [6.45, 7) is 5.66. The molecule has 6 nitrogen and oxygen atoms in total. The molecule has 2 atom stereocenters. The van der Waals surface area contributed by atoms with Crippen molar-refractivity contribution in [3.8, 4) is 0 Å². The van der Waals surface area contributed by atoms with Crippen LogP contribution in [-0.2, 0) is 9.59 Å². The van der Waals surface area contributed by atoms with Crippen LogP contribution >= 0.6 is 0 Å². The van der Waals surface area contributed by atoms with E-state index >= 15 is 0 Å². The minimum atomic E-state index is -0.694.